The number of hydrogen-bond acceptors (Lipinski definition) is 5. The van der Waals surface area contributed by atoms with Crippen molar-refractivity contribution in [3.63, 3.8) is 0 Å². The first-order chi connectivity index (χ1) is 13.9. The summed E-state index contributed by atoms with van der Waals surface area (Å²) in [4.78, 5) is 29.3. The van der Waals surface area contributed by atoms with Crippen LogP contribution in [0.2, 0.25) is 0 Å². The number of fused-ring (bicyclic) bond motifs is 1. The smallest absolute Gasteiger partial charge is 0.266 e. The van der Waals surface area contributed by atoms with Gasteiger partial charge in [0.25, 0.3) is 11.8 Å². The van der Waals surface area contributed by atoms with Gasteiger partial charge in [-0.1, -0.05) is 18.2 Å². The van der Waals surface area contributed by atoms with Crippen LogP contribution in [0.5, 0.6) is 17.2 Å². The number of nitrogens with zero attached hydrogens (tertiary/aromatic N) is 2. The van der Waals surface area contributed by atoms with Crippen molar-refractivity contribution in [1.82, 2.24) is 9.80 Å². The summed E-state index contributed by atoms with van der Waals surface area (Å²) in [6.45, 7) is 5.60. The second kappa shape index (κ2) is 7.66. The molecule has 2 aromatic rings. The van der Waals surface area contributed by atoms with E-state index in [0.717, 1.165) is 0 Å². The maximum Gasteiger partial charge on any atom is 0.266 e. The van der Waals surface area contributed by atoms with Crippen LogP contribution < -0.4 is 14.2 Å². The van der Waals surface area contributed by atoms with E-state index in [1.165, 1.54) is 0 Å². The molecule has 0 bridgehead atoms. The van der Waals surface area contributed by atoms with Gasteiger partial charge >= 0.3 is 0 Å². The van der Waals surface area contributed by atoms with Crippen LogP contribution in [0, 0.1) is 0 Å². The Morgan fingerprint density at radius 1 is 0.897 bits per heavy atom. The predicted molar refractivity (Wildman–Crippen MR) is 106 cm³/mol. The zero-order chi connectivity index (χ0) is 20.4. The zero-order valence-corrected chi connectivity index (χ0v) is 16.6. The first kappa shape index (κ1) is 19.1. The number of ether oxygens (including phenoxy) is 3. The van der Waals surface area contributed by atoms with Crippen molar-refractivity contribution in [3.05, 3.63) is 54.1 Å². The van der Waals surface area contributed by atoms with Crippen LogP contribution in [0.3, 0.4) is 0 Å². The molecule has 0 atom stereocenters. The molecule has 0 radical (unpaired) electrons. The van der Waals surface area contributed by atoms with Gasteiger partial charge in [-0.3, -0.25) is 9.59 Å². The van der Waals surface area contributed by atoms with Crippen LogP contribution in [0.4, 0.5) is 0 Å². The summed E-state index contributed by atoms with van der Waals surface area (Å²) < 4.78 is 16.5. The molecule has 0 aliphatic carbocycles. The molecule has 2 aliphatic heterocycles. The third kappa shape index (κ3) is 3.99. The third-order valence-corrected chi connectivity index (χ3v) is 5.10. The lowest BCUT2D eigenvalue weighted by molar-refractivity contribution is -0.147. The molecule has 29 heavy (non-hydrogen) atoms. The minimum absolute atomic E-state index is 0.0739. The number of hydrogen-bond donors (Lipinski definition) is 0. The Kier molecular flexibility index (Phi) is 5.05. The van der Waals surface area contributed by atoms with Crippen LogP contribution >= 0.6 is 0 Å². The number of amides is 2. The van der Waals surface area contributed by atoms with E-state index in [2.05, 4.69) is 0 Å². The summed E-state index contributed by atoms with van der Waals surface area (Å²) in [5, 5.41) is 0. The molecule has 2 aliphatic rings. The fraction of sp³-hybridized carbons (Fsp3) is 0.364. The van der Waals surface area contributed by atoms with Gasteiger partial charge in [-0.05, 0) is 44.2 Å². The van der Waals surface area contributed by atoms with E-state index in [1.54, 1.807) is 41.8 Å². The number of benzene rings is 2. The third-order valence-electron chi connectivity index (χ3n) is 5.10. The Bertz CT molecular complexity index is 905. The number of piperazine rings is 1. The molecular weight excluding hydrogens is 372 g/mol. The van der Waals surface area contributed by atoms with Gasteiger partial charge in [0.1, 0.15) is 5.75 Å². The summed E-state index contributed by atoms with van der Waals surface area (Å²) in [6, 6.07) is 14.5. The molecule has 0 aromatic heterocycles. The molecule has 7 nitrogen and oxygen atoms in total. The second-order valence-corrected chi connectivity index (χ2v) is 7.58. The number of carbonyl (C=O) groups is 2. The van der Waals surface area contributed by atoms with Crippen LogP contribution in [-0.2, 0) is 4.79 Å². The van der Waals surface area contributed by atoms with Crippen molar-refractivity contribution in [3.8, 4) is 17.2 Å². The van der Waals surface area contributed by atoms with Crippen molar-refractivity contribution < 1.29 is 23.8 Å². The highest BCUT2D eigenvalue weighted by Gasteiger charge is 2.36. The molecule has 0 unspecified atom stereocenters. The average Bonchev–Trinajstić information content (AvgIpc) is 3.21. The number of para-hydroxylation sites is 1. The van der Waals surface area contributed by atoms with Crippen molar-refractivity contribution >= 4 is 11.8 Å². The van der Waals surface area contributed by atoms with Gasteiger partial charge in [0.05, 0.1) is 0 Å². The Labute approximate surface area is 169 Å². The van der Waals surface area contributed by atoms with Crippen LogP contribution in [0.25, 0.3) is 0 Å². The minimum atomic E-state index is -0.981. The van der Waals surface area contributed by atoms with E-state index >= 15 is 0 Å². The molecule has 4 rings (SSSR count). The van der Waals surface area contributed by atoms with E-state index < -0.39 is 5.60 Å². The first-order valence-corrected chi connectivity index (χ1v) is 9.66. The molecule has 0 saturated carbocycles. The summed E-state index contributed by atoms with van der Waals surface area (Å²) in [5.41, 5.74) is -0.424. The lowest BCUT2D eigenvalue weighted by atomic mass is 10.1. The maximum absolute atomic E-state index is 13.0. The van der Waals surface area contributed by atoms with Gasteiger partial charge in [0.2, 0.25) is 6.79 Å². The fourth-order valence-electron chi connectivity index (χ4n) is 3.53. The van der Waals surface area contributed by atoms with E-state index in [1.807, 2.05) is 30.3 Å². The first-order valence-electron chi connectivity index (χ1n) is 9.66. The topological polar surface area (TPSA) is 68.3 Å². The molecule has 1 saturated heterocycles. The van der Waals surface area contributed by atoms with Gasteiger partial charge < -0.3 is 24.0 Å². The normalized spacial score (nSPS) is 15.9. The molecule has 2 heterocycles. The highest BCUT2D eigenvalue weighted by atomic mass is 16.7. The van der Waals surface area contributed by atoms with Gasteiger partial charge in [0, 0.05) is 31.7 Å². The summed E-state index contributed by atoms with van der Waals surface area (Å²) in [7, 11) is 0. The molecule has 2 aromatic carbocycles. The van der Waals surface area contributed by atoms with E-state index in [4.69, 9.17) is 14.2 Å². The maximum atomic E-state index is 13.0. The molecule has 2 amide bonds. The summed E-state index contributed by atoms with van der Waals surface area (Å²) in [5.74, 6) is 1.73. The molecule has 152 valence electrons. The fourth-order valence-corrected chi connectivity index (χ4v) is 3.53. The molecule has 1 fully saturated rings. The van der Waals surface area contributed by atoms with Crippen molar-refractivity contribution in [2.75, 3.05) is 33.0 Å². The van der Waals surface area contributed by atoms with E-state index in [-0.39, 0.29) is 18.6 Å². The monoisotopic (exact) mass is 396 g/mol. The largest absolute Gasteiger partial charge is 0.478 e. The van der Waals surface area contributed by atoms with Gasteiger partial charge in [0.15, 0.2) is 17.1 Å². The van der Waals surface area contributed by atoms with E-state index in [9.17, 15) is 9.59 Å². The number of carbonyl (C=O) groups excluding carboxylic acids is 2. The van der Waals surface area contributed by atoms with Gasteiger partial charge in [-0.15, -0.1) is 0 Å². The van der Waals surface area contributed by atoms with Crippen LogP contribution in [0.1, 0.15) is 24.2 Å². The highest BCUT2D eigenvalue weighted by Crippen LogP contribution is 2.33. The van der Waals surface area contributed by atoms with Crippen LogP contribution in [0.15, 0.2) is 48.5 Å². The lowest BCUT2D eigenvalue weighted by Crippen LogP contribution is -2.56. The average molecular weight is 396 g/mol. The van der Waals surface area contributed by atoms with Crippen molar-refractivity contribution in [2.45, 2.75) is 19.4 Å². The van der Waals surface area contributed by atoms with Gasteiger partial charge in [-0.25, -0.2) is 0 Å². The lowest BCUT2D eigenvalue weighted by Gasteiger charge is -2.38. The molecule has 0 N–H and O–H groups in total. The summed E-state index contributed by atoms with van der Waals surface area (Å²) in [6.07, 6.45) is 0. The standard InChI is InChI=1S/C22H24N2O5/c1-22(2,29-17-6-4-3-5-7-17)21(26)24-12-10-23(11-13-24)20(25)16-8-9-18-19(14-16)28-15-27-18/h3-9,14H,10-13,15H2,1-2H3. The molecule has 7 heteroatoms. The van der Waals surface area contributed by atoms with Crippen LogP contribution in [-0.4, -0.2) is 60.2 Å². The van der Waals surface area contributed by atoms with E-state index in [0.29, 0.717) is 49.0 Å². The summed E-state index contributed by atoms with van der Waals surface area (Å²) >= 11 is 0. The van der Waals surface area contributed by atoms with Gasteiger partial charge in [-0.2, -0.15) is 0 Å². The molecule has 0 spiro atoms. The Hall–Kier alpha value is -3.22. The molecular formula is C22H24N2O5. The Morgan fingerprint density at radius 3 is 2.28 bits per heavy atom. The zero-order valence-electron chi connectivity index (χ0n) is 16.6. The predicted octanol–water partition coefficient (Wildman–Crippen LogP) is 2.56. The highest BCUT2D eigenvalue weighted by molar-refractivity contribution is 5.95. The minimum Gasteiger partial charge on any atom is -0.478 e. The second-order valence-electron chi connectivity index (χ2n) is 7.58. The Balaban J connectivity index is 1.36. The SMILES string of the molecule is CC(C)(Oc1ccccc1)C(=O)N1CCN(C(=O)c2ccc3c(c2)OCO3)CC1. The van der Waals surface area contributed by atoms with Crippen molar-refractivity contribution in [1.29, 1.82) is 0 Å². The Morgan fingerprint density at radius 2 is 1.55 bits per heavy atom. The number of rotatable bonds is 4. The quantitative estimate of drug-likeness (QED) is 0.795. The van der Waals surface area contributed by atoms with Crippen molar-refractivity contribution in [2.24, 2.45) is 0 Å².